The van der Waals surface area contributed by atoms with Crippen molar-refractivity contribution in [2.24, 2.45) is 5.16 Å². The standard InChI is InChI=1S/C5H7NO5/c1-6-11-3(5(9)10)2-4(7)8/h3H,1-2H2,(H,7,8)(H,9,10). The van der Waals surface area contributed by atoms with E-state index < -0.39 is 24.5 Å². The lowest BCUT2D eigenvalue weighted by Crippen LogP contribution is -2.24. The van der Waals surface area contributed by atoms with Crippen molar-refractivity contribution < 1.29 is 24.6 Å². The van der Waals surface area contributed by atoms with Gasteiger partial charge in [0.25, 0.3) is 0 Å². The maximum Gasteiger partial charge on any atom is 0.348 e. The van der Waals surface area contributed by atoms with E-state index in [0.29, 0.717) is 0 Å². The van der Waals surface area contributed by atoms with Gasteiger partial charge in [-0.1, -0.05) is 0 Å². The first-order valence-corrected chi connectivity index (χ1v) is 2.64. The second kappa shape index (κ2) is 4.26. The van der Waals surface area contributed by atoms with Gasteiger partial charge in [-0.05, 0) is 0 Å². The monoisotopic (exact) mass is 161 g/mol. The predicted molar refractivity (Wildman–Crippen MR) is 34.3 cm³/mol. The van der Waals surface area contributed by atoms with Gasteiger partial charge in [0.1, 0.15) is 0 Å². The van der Waals surface area contributed by atoms with Gasteiger partial charge in [0.15, 0.2) is 0 Å². The second-order valence-electron chi connectivity index (χ2n) is 1.66. The van der Waals surface area contributed by atoms with Crippen LogP contribution in [0.15, 0.2) is 5.16 Å². The molecule has 0 aliphatic heterocycles. The molecular weight excluding hydrogens is 154 g/mol. The highest BCUT2D eigenvalue weighted by molar-refractivity contribution is 5.79. The van der Waals surface area contributed by atoms with Gasteiger partial charge < -0.3 is 15.1 Å². The zero-order valence-corrected chi connectivity index (χ0v) is 5.56. The van der Waals surface area contributed by atoms with Crippen LogP contribution in [0.3, 0.4) is 0 Å². The molecule has 0 aliphatic rings. The highest BCUT2D eigenvalue weighted by atomic mass is 16.6. The van der Waals surface area contributed by atoms with E-state index in [4.69, 9.17) is 10.2 Å². The second-order valence-corrected chi connectivity index (χ2v) is 1.66. The molecule has 0 bridgehead atoms. The van der Waals surface area contributed by atoms with Crippen LogP contribution in [0.1, 0.15) is 6.42 Å². The SMILES string of the molecule is C=NOC(CC(=O)O)C(=O)O. The van der Waals surface area contributed by atoms with Crippen molar-refractivity contribution in [1.29, 1.82) is 0 Å². The molecule has 0 heterocycles. The topological polar surface area (TPSA) is 96.2 Å². The number of carboxylic acids is 2. The van der Waals surface area contributed by atoms with Crippen LogP contribution >= 0.6 is 0 Å². The van der Waals surface area contributed by atoms with E-state index in [0.717, 1.165) is 0 Å². The normalized spacial score (nSPS) is 11.6. The summed E-state index contributed by atoms with van der Waals surface area (Å²) in [6.07, 6.45) is -2.08. The van der Waals surface area contributed by atoms with Crippen LogP contribution in [0.4, 0.5) is 0 Å². The van der Waals surface area contributed by atoms with E-state index in [-0.39, 0.29) is 0 Å². The molecule has 1 atom stereocenters. The summed E-state index contributed by atoms with van der Waals surface area (Å²) in [4.78, 5) is 24.3. The fourth-order valence-electron chi connectivity index (χ4n) is 0.418. The first-order valence-electron chi connectivity index (χ1n) is 2.64. The van der Waals surface area contributed by atoms with Gasteiger partial charge in [-0.15, -0.1) is 5.16 Å². The van der Waals surface area contributed by atoms with Gasteiger partial charge in [-0.3, -0.25) is 4.79 Å². The van der Waals surface area contributed by atoms with Crippen molar-refractivity contribution >= 4 is 18.7 Å². The third-order valence-electron chi connectivity index (χ3n) is 0.837. The summed E-state index contributed by atoms with van der Waals surface area (Å²) < 4.78 is 0. The molecule has 0 amide bonds. The van der Waals surface area contributed by atoms with E-state index in [9.17, 15) is 9.59 Å². The number of oxime groups is 1. The number of rotatable bonds is 5. The van der Waals surface area contributed by atoms with Crippen molar-refractivity contribution in [3.63, 3.8) is 0 Å². The molecule has 0 rings (SSSR count). The van der Waals surface area contributed by atoms with Gasteiger partial charge in [0.05, 0.1) is 6.42 Å². The molecule has 0 radical (unpaired) electrons. The third-order valence-corrected chi connectivity index (χ3v) is 0.837. The summed E-state index contributed by atoms with van der Waals surface area (Å²) in [5.41, 5.74) is 0. The smallest absolute Gasteiger partial charge is 0.348 e. The Labute approximate surface area is 62.1 Å². The summed E-state index contributed by atoms with van der Waals surface area (Å²) in [5, 5.41) is 19.2. The van der Waals surface area contributed by atoms with Crippen molar-refractivity contribution in [2.75, 3.05) is 0 Å². The van der Waals surface area contributed by atoms with Crippen LogP contribution in [0.25, 0.3) is 0 Å². The first-order chi connectivity index (χ1) is 5.07. The van der Waals surface area contributed by atoms with E-state index in [1.807, 2.05) is 0 Å². The number of nitrogens with zero attached hydrogens (tertiary/aromatic N) is 1. The van der Waals surface area contributed by atoms with E-state index in [1.54, 1.807) is 0 Å². The van der Waals surface area contributed by atoms with Crippen LogP contribution in [0, 0.1) is 0 Å². The molecule has 0 aromatic heterocycles. The first kappa shape index (κ1) is 9.41. The zero-order chi connectivity index (χ0) is 8.85. The predicted octanol–water partition coefficient (Wildman–Crippen LogP) is -0.453. The number of hydrogen-bond donors (Lipinski definition) is 2. The molecule has 0 aromatic carbocycles. The lowest BCUT2D eigenvalue weighted by atomic mass is 10.2. The largest absolute Gasteiger partial charge is 0.481 e. The van der Waals surface area contributed by atoms with Crippen molar-refractivity contribution in [3.05, 3.63) is 0 Å². The van der Waals surface area contributed by atoms with Gasteiger partial charge in [-0.25, -0.2) is 4.79 Å². The third kappa shape index (κ3) is 3.90. The van der Waals surface area contributed by atoms with Crippen molar-refractivity contribution in [1.82, 2.24) is 0 Å². The molecular formula is C5H7NO5. The average molecular weight is 161 g/mol. The minimum Gasteiger partial charge on any atom is -0.481 e. The van der Waals surface area contributed by atoms with Gasteiger partial charge >= 0.3 is 11.9 Å². The van der Waals surface area contributed by atoms with E-state index in [2.05, 4.69) is 16.7 Å². The number of hydrogen-bond acceptors (Lipinski definition) is 4. The molecule has 0 saturated heterocycles. The van der Waals surface area contributed by atoms with Gasteiger partial charge in [0.2, 0.25) is 6.10 Å². The molecule has 0 aliphatic carbocycles. The molecule has 0 spiro atoms. The van der Waals surface area contributed by atoms with Crippen LogP contribution in [-0.2, 0) is 14.4 Å². The molecule has 1 unspecified atom stereocenters. The zero-order valence-electron chi connectivity index (χ0n) is 5.56. The minimum absolute atomic E-state index is 0.631. The maximum atomic E-state index is 10.1. The summed E-state index contributed by atoms with van der Waals surface area (Å²) in [6.45, 7) is 2.86. The molecule has 6 nitrogen and oxygen atoms in total. The summed E-state index contributed by atoms with van der Waals surface area (Å²) in [7, 11) is 0. The molecule has 0 fully saturated rings. The molecule has 0 aromatic rings. The van der Waals surface area contributed by atoms with Gasteiger partial charge in [-0.2, -0.15) is 0 Å². The summed E-state index contributed by atoms with van der Waals surface area (Å²) >= 11 is 0. The Balaban J connectivity index is 3.99. The fourth-order valence-corrected chi connectivity index (χ4v) is 0.418. The molecule has 0 saturated carbocycles. The summed E-state index contributed by atoms with van der Waals surface area (Å²) in [6, 6.07) is 0. The molecule has 62 valence electrons. The van der Waals surface area contributed by atoms with Crippen LogP contribution < -0.4 is 0 Å². The van der Waals surface area contributed by atoms with Crippen molar-refractivity contribution in [2.45, 2.75) is 12.5 Å². The van der Waals surface area contributed by atoms with Crippen LogP contribution in [0.2, 0.25) is 0 Å². The summed E-state index contributed by atoms with van der Waals surface area (Å²) in [5.74, 6) is -2.64. The Bertz CT molecular complexity index is 178. The highest BCUT2D eigenvalue weighted by Crippen LogP contribution is 1.98. The van der Waals surface area contributed by atoms with E-state index in [1.165, 1.54) is 0 Å². The number of carbonyl (C=O) groups is 2. The quantitative estimate of drug-likeness (QED) is 0.420. The number of carboxylic acid groups (broad SMARTS) is 2. The minimum atomic E-state index is -1.45. The lowest BCUT2D eigenvalue weighted by Gasteiger charge is -2.05. The Morgan fingerprint density at radius 1 is 1.55 bits per heavy atom. The molecule has 2 N–H and O–H groups in total. The van der Waals surface area contributed by atoms with Crippen LogP contribution in [-0.4, -0.2) is 35.0 Å². The number of aliphatic carboxylic acids is 2. The average Bonchev–Trinajstić information content (AvgIpc) is 1.86. The Kier molecular flexibility index (Phi) is 3.65. The molecule has 6 heteroatoms. The van der Waals surface area contributed by atoms with Crippen LogP contribution in [0.5, 0.6) is 0 Å². The Morgan fingerprint density at radius 3 is 2.36 bits per heavy atom. The van der Waals surface area contributed by atoms with E-state index >= 15 is 0 Å². The fraction of sp³-hybridized carbons (Fsp3) is 0.400. The van der Waals surface area contributed by atoms with Gasteiger partial charge in [0, 0.05) is 6.72 Å². The Morgan fingerprint density at radius 2 is 2.09 bits per heavy atom. The lowest BCUT2D eigenvalue weighted by molar-refractivity contribution is -0.156. The Hall–Kier alpha value is -1.59. The maximum absolute atomic E-state index is 10.1. The highest BCUT2D eigenvalue weighted by Gasteiger charge is 2.22. The molecule has 11 heavy (non-hydrogen) atoms. The van der Waals surface area contributed by atoms with Crippen molar-refractivity contribution in [3.8, 4) is 0 Å².